The minimum absolute atomic E-state index is 0. The third kappa shape index (κ3) is 6.05. The van der Waals surface area contributed by atoms with E-state index >= 15 is 0 Å². The van der Waals surface area contributed by atoms with Gasteiger partial charge >= 0.3 is 0 Å². The van der Waals surface area contributed by atoms with Crippen molar-refractivity contribution in [2.24, 2.45) is 0 Å². The van der Waals surface area contributed by atoms with Crippen molar-refractivity contribution in [3.05, 3.63) is 12.7 Å². The van der Waals surface area contributed by atoms with Crippen LogP contribution < -0.4 is 12.4 Å². The van der Waals surface area contributed by atoms with Gasteiger partial charge in [-0.05, 0) is 12.5 Å². The summed E-state index contributed by atoms with van der Waals surface area (Å²) in [5, 5.41) is 9.04. The first-order valence-electron chi connectivity index (χ1n) is 4.13. The molecule has 0 rings (SSSR count). The van der Waals surface area contributed by atoms with Crippen LogP contribution >= 0.6 is 0 Å². The van der Waals surface area contributed by atoms with Crippen LogP contribution in [0.2, 0.25) is 0 Å². The summed E-state index contributed by atoms with van der Waals surface area (Å²) in [6.07, 6.45) is 2.91. The largest absolute Gasteiger partial charge is 1.00 e. The van der Waals surface area contributed by atoms with Gasteiger partial charge in [-0.15, -0.1) is 0 Å². The van der Waals surface area contributed by atoms with Crippen LogP contribution in [-0.4, -0.2) is 48.4 Å². The number of likely N-dealkylation sites (N-methyl/N-ethyl adjacent to an activating group) is 1. The zero-order valence-corrected chi connectivity index (χ0v) is 9.51. The van der Waals surface area contributed by atoms with Gasteiger partial charge < -0.3 is 27.5 Å². The Morgan fingerprint density at radius 3 is 2.15 bits per heavy atom. The molecule has 0 aliphatic carbocycles. The molecule has 0 aromatic carbocycles. The van der Waals surface area contributed by atoms with E-state index in [1.165, 1.54) is 0 Å². The molecule has 0 aromatic rings. The molecule has 0 heterocycles. The number of quaternary nitrogens is 1. The summed E-state index contributed by atoms with van der Waals surface area (Å²) in [7, 11) is 4.23. The van der Waals surface area contributed by atoms with Crippen molar-refractivity contribution in [1.29, 1.82) is 0 Å². The fraction of sp³-hybridized carbons (Fsp3) is 0.778. The van der Waals surface area contributed by atoms with Crippen molar-refractivity contribution >= 4 is 0 Å². The molecule has 0 bridgehead atoms. The number of aliphatic hydroxyl groups is 1. The summed E-state index contributed by atoms with van der Waals surface area (Å²) < 4.78 is 0.830. The second-order valence-electron chi connectivity index (χ2n) is 3.49. The van der Waals surface area contributed by atoms with Gasteiger partial charge in [-0.25, -0.2) is 0 Å². The second kappa shape index (κ2) is 8.51. The molecule has 0 amide bonds. The van der Waals surface area contributed by atoms with Crippen molar-refractivity contribution in [1.82, 2.24) is 0 Å². The Hall–Kier alpha value is -0.0900. The third-order valence-electron chi connectivity index (χ3n) is 2.27. The minimum Gasteiger partial charge on any atom is -1.00 e. The van der Waals surface area contributed by atoms with E-state index in [1.54, 1.807) is 0 Å². The van der Waals surface area contributed by atoms with Gasteiger partial charge in [0.25, 0.3) is 0 Å². The summed E-state index contributed by atoms with van der Waals surface area (Å²) in [6, 6.07) is 0.341. The Morgan fingerprint density at radius 2 is 1.92 bits per heavy atom. The van der Waals surface area contributed by atoms with E-state index in [9.17, 15) is 0 Å². The van der Waals surface area contributed by atoms with Crippen molar-refractivity contribution < 1.29 is 27.5 Å². The molecule has 4 heteroatoms. The van der Waals surface area contributed by atoms with E-state index in [2.05, 4.69) is 27.6 Å². The highest BCUT2D eigenvalue weighted by Crippen LogP contribution is 2.09. The monoisotopic (exact) mass is 211 g/mol. The lowest BCUT2D eigenvalue weighted by molar-refractivity contribution is -0.910. The first-order valence-corrected chi connectivity index (χ1v) is 4.13. The highest BCUT2D eigenvalue weighted by atomic mass is 35.5. The number of rotatable bonds is 5. The van der Waals surface area contributed by atoms with Gasteiger partial charge in [0.1, 0.15) is 6.04 Å². The predicted octanol–water partition coefficient (Wildman–Crippen LogP) is -2.80. The van der Waals surface area contributed by atoms with Crippen molar-refractivity contribution in [2.45, 2.75) is 19.4 Å². The van der Waals surface area contributed by atoms with E-state index < -0.39 is 0 Å². The molecule has 0 radical (unpaired) electrons. The van der Waals surface area contributed by atoms with Gasteiger partial charge in [-0.3, -0.25) is 0 Å². The molecule has 0 fully saturated rings. The molecule has 3 nitrogen and oxygen atoms in total. The fourth-order valence-corrected chi connectivity index (χ4v) is 1.33. The van der Waals surface area contributed by atoms with Gasteiger partial charge in [0.05, 0.1) is 27.2 Å². The summed E-state index contributed by atoms with van der Waals surface area (Å²) in [5.41, 5.74) is 0. The molecule has 1 atom stereocenters. The van der Waals surface area contributed by atoms with Crippen LogP contribution in [-0.2, 0) is 0 Å². The number of nitrogens with zero attached hydrogens (tertiary/aromatic N) is 1. The first kappa shape index (κ1) is 18.6. The maximum Gasteiger partial charge on any atom is 0.112 e. The summed E-state index contributed by atoms with van der Waals surface area (Å²) in [4.78, 5) is 0. The fourth-order valence-electron chi connectivity index (χ4n) is 1.33. The zero-order valence-electron chi connectivity index (χ0n) is 8.76. The average Bonchev–Trinajstić information content (AvgIpc) is 1.89. The molecule has 0 saturated carbocycles. The van der Waals surface area contributed by atoms with Crippen LogP contribution in [0.3, 0.4) is 0 Å². The molecule has 0 saturated heterocycles. The number of hydrogen-bond donors (Lipinski definition) is 1. The van der Waals surface area contributed by atoms with Crippen LogP contribution in [0.1, 0.15) is 13.3 Å². The highest BCUT2D eigenvalue weighted by molar-refractivity contribution is 4.67. The highest BCUT2D eigenvalue weighted by Gasteiger charge is 2.23. The third-order valence-corrected chi connectivity index (χ3v) is 2.27. The lowest BCUT2D eigenvalue weighted by Crippen LogP contribution is -3.00. The molecule has 0 spiro atoms. The number of halogens is 1. The van der Waals surface area contributed by atoms with Crippen molar-refractivity contribution in [3.63, 3.8) is 0 Å². The van der Waals surface area contributed by atoms with E-state index in [4.69, 9.17) is 5.11 Å². The maximum atomic E-state index is 9.04. The van der Waals surface area contributed by atoms with E-state index in [0.717, 1.165) is 17.4 Å². The first-order chi connectivity index (χ1) is 5.08. The van der Waals surface area contributed by atoms with Crippen LogP contribution in [0, 0.1) is 0 Å². The predicted molar refractivity (Wildman–Crippen MR) is 52.0 cm³/mol. The number of hydrogen-bond acceptors (Lipinski definition) is 1. The Morgan fingerprint density at radius 1 is 1.46 bits per heavy atom. The zero-order chi connectivity index (χ0) is 8.91. The summed E-state index contributed by atoms with van der Waals surface area (Å²) in [6.45, 7) is 6.98. The van der Waals surface area contributed by atoms with Crippen molar-refractivity contribution in [3.8, 4) is 0 Å². The van der Waals surface area contributed by atoms with Crippen LogP contribution in [0.4, 0.5) is 0 Å². The lowest BCUT2D eigenvalue weighted by atomic mass is 10.2. The quantitative estimate of drug-likeness (QED) is 0.388. The van der Waals surface area contributed by atoms with Gasteiger partial charge in [0, 0.05) is 0 Å². The van der Waals surface area contributed by atoms with Gasteiger partial charge in [-0.2, -0.15) is 0 Å². The van der Waals surface area contributed by atoms with Gasteiger partial charge in [0.15, 0.2) is 0 Å². The normalized spacial score (nSPS) is 12.3. The molecular formula is C9H22ClNO2. The SMILES string of the molecule is C=CC[N+](C)(C)C(CC)CO.O.[Cl-]. The topological polar surface area (TPSA) is 51.7 Å². The molecule has 3 N–H and O–H groups in total. The Balaban J connectivity index is -0.000000500. The van der Waals surface area contributed by atoms with E-state index in [-0.39, 0.29) is 24.5 Å². The lowest BCUT2D eigenvalue weighted by Gasteiger charge is -2.35. The van der Waals surface area contributed by atoms with Gasteiger partial charge in [0.2, 0.25) is 0 Å². The molecular weight excluding hydrogens is 190 g/mol. The molecule has 13 heavy (non-hydrogen) atoms. The second-order valence-corrected chi connectivity index (χ2v) is 3.49. The maximum absolute atomic E-state index is 9.04. The van der Waals surface area contributed by atoms with Crippen LogP contribution in [0.25, 0.3) is 0 Å². The van der Waals surface area contributed by atoms with Gasteiger partial charge in [-0.1, -0.05) is 13.5 Å². The van der Waals surface area contributed by atoms with E-state index in [1.807, 2.05) is 6.08 Å². The molecule has 1 unspecified atom stereocenters. The van der Waals surface area contributed by atoms with Crippen LogP contribution in [0.5, 0.6) is 0 Å². The van der Waals surface area contributed by atoms with E-state index in [0.29, 0.717) is 6.04 Å². The molecule has 82 valence electrons. The molecule has 0 aromatic heterocycles. The summed E-state index contributed by atoms with van der Waals surface area (Å²) in [5.74, 6) is 0. The van der Waals surface area contributed by atoms with Crippen LogP contribution in [0.15, 0.2) is 12.7 Å². The average molecular weight is 212 g/mol. The van der Waals surface area contributed by atoms with Crippen molar-refractivity contribution in [2.75, 3.05) is 27.2 Å². The Kier molecular flexibility index (Phi) is 12.2. The summed E-state index contributed by atoms with van der Waals surface area (Å²) >= 11 is 0. The molecule has 0 aliphatic rings. The number of aliphatic hydroxyl groups excluding tert-OH is 1. The minimum atomic E-state index is 0. The smallest absolute Gasteiger partial charge is 0.112 e. The standard InChI is InChI=1S/C9H20NO.ClH.H2O/c1-5-7-10(3,4)9(6-2)8-11;;/h5,9,11H,1,6-8H2,2-4H3;1H;1H2/q+1;;/p-1. The Labute approximate surface area is 87.4 Å². The molecule has 0 aliphatic heterocycles. The Bertz CT molecular complexity index is 125.